The van der Waals surface area contributed by atoms with Gasteiger partial charge in [-0.25, -0.2) is 0 Å². The molecule has 0 fully saturated rings. The van der Waals surface area contributed by atoms with Crippen LogP contribution in [0, 0.1) is 0 Å². The van der Waals surface area contributed by atoms with E-state index in [4.69, 9.17) is 22.1 Å². The molecule has 0 saturated carbocycles. The first kappa shape index (κ1) is 13.0. The van der Waals surface area contributed by atoms with Crippen LogP contribution >= 0.6 is 11.6 Å². The Balaban J connectivity index is 2.46. The summed E-state index contributed by atoms with van der Waals surface area (Å²) in [5, 5.41) is 0.597. The summed E-state index contributed by atoms with van der Waals surface area (Å²) in [6, 6.07) is 6.72. The molecule has 16 heavy (non-hydrogen) atoms. The third-order valence-corrected chi connectivity index (χ3v) is 2.60. The van der Waals surface area contributed by atoms with Crippen LogP contribution in [0.15, 0.2) is 24.3 Å². The Morgan fingerprint density at radius 1 is 1.50 bits per heavy atom. The van der Waals surface area contributed by atoms with E-state index in [1.54, 1.807) is 6.07 Å². The van der Waals surface area contributed by atoms with Gasteiger partial charge in [0.25, 0.3) is 0 Å². The number of benzene rings is 1. The molecule has 1 rings (SSSR count). The highest BCUT2D eigenvalue weighted by Crippen LogP contribution is 2.15. The molecule has 1 aromatic rings. The van der Waals surface area contributed by atoms with Gasteiger partial charge in [0, 0.05) is 10.6 Å². The Labute approximate surface area is 101 Å². The van der Waals surface area contributed by atoms with E-state index in [9.17, 15) is 4.79 Å². The average Bonchev–Trinajstić information content (AvgIpc) is 2.28. The van der Waals surface area contributed by atoms with E-state index >= 15 is 0 Å². The van der Waals surface area contributed by atoms with Gasteiger partial charge in [-0.05, 0) is 12.5 Å². The fourth-order valence-electron chi connectivity index (χ4n) is 1.30. The molecule has 2 N–H and O–H groups in total. The zero-order valence-corrected chi connectivity index (χ0v) is 10.0. The summed E-state index contributed by atoms with van der Waals surface area (Å²) in [5.41, 5.74) is 6.42. The Kier molecular flexibility index (Phi) is 5.29. The van der Waals surface area contributed by atoms with E-state index in [1.165, 1.54) is 0 Å². The summed E-state index contributed by atoms with van der Waals surface area (Å²) in [6.45, 7) is 2.15. The van der Waals surface area contributed by atoms with Crippen molar-refractivity contribution in [1.29, 1.82) is 0 Å². The Morgan fingerprint density at radius 2 is 2.19 bits per heavy atom. The van der Waals surface area contributed by atoms with Crippen molar-refractivity contribution >= 4 is 17.6 Å². The molecule has 0 aliphatic carbocycles. The number of carbonyl (C=O) groups is 1. The van der Waals surface area contributed by atoms with E-state index in [2.05, 4.69) is 0 Å². The van der Waals surface area contributed by atoms with Crippen molar-refractivity contribution in [2.75, 3.05) is 0 Å². The van der Waals surface area contributed by atoms with Crippen LogP contribution in [0.5, 0.6) is 0 Å². The van der Waals surface area contributed by atoms with E-state index in [0.717, 1.165) is 12.0 Å². The van der Waals surface area contributed by atoms with Gasteiger partial charge in [-0.1, -0.05) is 43.1 Å². The minimum absolute atomic E-state index is 0.177. The molecule has 0 aliphatic heterocycles. The Morgan fingerprint density at radius 3 is 2.81 bits per heavy atom. The Hall–Kier alpha value is -1.06. The minimum atomic E-state index is -0.535. The molecule has 1 unspecified atom stereocenters. The molecule has 0 aromatic heterocycles. The van der Waals surface area contributed by atoms with Crippen LogP contribution in [0.2, 0.25) is 5.02 Å². The maximum absolute atomic E-state index is 11.4. The molecule has 0 spiro atoms. The zero-order valence-electron chi connectivity index (χ0n) is 9.28. The molecule has 1 atom stereocenters. The summed E-state index contributed by atoms with van der Waals surface area (Å²) in [6.07, 6.45) is 1.50. The summed E-state index contributed by atoms with van der Waals surface area (Å²) < 4.78 is 5.07. The first-order valence-electron chi connectivity index (χ1n) is 5.30. The maximum Gasteiger partial charge on any atom is 0.323 e. The number of nitrogens with two attached hydrogens (primary N) is 1. The number of ether oxygens (including phenoxy) is 1. The lowest BCUT2D eigenvalue weighted by Gasteiger charge is -2.10. The van der Waals surface area contributed by atoms with E-state index < -0.39 is 6.04 Å². The van der Waals surface area contributed by atoms with Crippen LogP contribution in [0.25, 0.3) is 0 Å². The summed E-state index contributed by atoms with van der Waals surface area (Å²) in [4.78, 5) is 11.4. The van der Waals surface area contributed by atoms with E-state index in [1.807, 2.05) is 25.1 Å². The predicted octanol–water partition coefficient (Wildman–Crippen LogP) is 2.51. The first-order valence-corrected chi connectivity index (χ1v) is 5.68. The molecule has 0 saturated heterocycles. The standard InChI is InChI=1S/C12H16ClNO2/c1-2-5-11(14)12(15)16-8-9-6-3-4-7-10(9)13/h3-4,6-7,11H,2,5,8,14H2,1H3. The van der Waals surface area contributed by atoms with Gasteiger partial charge in [-0.2, -0.15) is 0 Å². The second-order valence-corrected chi connectivity index (χ2v) is 4.00. The van der Waals surface area contributed by atoms with Gasteiger partial charge >= 0.3 is 5.97 Å². The first-order chi connectivity index (χ1) is 7.65. The molecule has 3 nitrogen and oxygen atoms in total. The largest absolute Gasteiger partial charge is 0.460 e. The van der Waals surface area contributed by atoms with Gasteiger partial charge < -0.3 is 10.5 Å². The van der Waals surface area contributed by atoms with Crippen molar-refractivity contribution in [2.45, 2.75) is 32.4 Å². The normalized spacial score (nSPS) is 12.2. The third kappa shape index (κ3) is 3.83. The highest BCUT2D eigenvalue weighted by molar-refractivity contribution is 6.31. The number of carbonyl (C=O) groups excluding carboxylic acids is 1. The zero-order chi connectivity index (χ0) is 12.0. The van der Waals surface area contributed by atoms with Crippen LogP contribution in [0.1, 0.15) is 25.3 Å². The van der Waals surface area contributed by atoms with Gasteiger partial charge in [0.15, 0.2) is 0 Å². The topological polar surface area (TPSA) is 52.3 Å². The lowest BCUT2D eigenvalue weighted by atomic mass is 10.2. The van der Waals surface area contributed by atoms with Gasteiger partial charge in [0.2, 0.25) is 0 Å². The predicted molar refractivity (Wildman–Crippen MR) is 64.1 cm³/mol. The summed E-state index contributed by atoms with van der Waals surface area (Å²) in [5.74, 6) is -0.373. The fraction of sp³-hybridized carbons (Fsp3) is 0.417. The molecular formula is C12H16ClNO2. The van der Waals surface area contributed by atoms with Crippen LogP contribution < -0.4 is 5.73 Å². The highest BCUT2D eigenvalue weighted by Gasteiger charge is 2.14. The summed E-state index contributed by atoms with van der Waals surface area (Å²) >= 11 is 5.93. The van der Waals surface area contributed by atoms with Crippen molar-refractivity contribution < 1.29 is 9.53 Å². The quantitative estimate of drug-likeness (QED) is 0.806. The molecule has 0 amide bonds. The highest BCUT2D eigenvalue weighted by atomic mass is 35.5. The van der Waals surface area contributed by atoms with Gasteiger partial charge in [0.05, 0.1) is 0 Å². The summed E-state index contributed by atoms with van der Waals surface area (Å²) in [7, 11) is 0. The van der Waals surface area contributed by atoms with Crippen LogP contribution in [-0.4, -0.2) is 12.0 Å². The number of esters is 1. The molecule has 1 aromatic carbocycles. The van der Waals surface area contributed by atoms with E-state index in [-0.39, 0.29) is 12.6 Å². The molecule has 88 valence electrons. The number of hydrogen-bond donors (Lipinski definition) is 1. The second kappa shape index (κ2) is 6.51. The van der Waals surface area contributed by atoms with Gasteiger partial charge in [0.1, 0.15) is 12.6 Å². The van der Waals surface area contributed by atoms with Crippen LogP contribution in [0.3, 0.4) is 0 Å². The van der Waals surface area contributed by atoms with Gasteiger partial charge in [-0.15, -0.1) is 0 Å². The minimum Gasteiger partial charge on any atom is -0.460 e. The van der Waals surface area contributed by atoms with E-state index in [0.29, 0.717) is 11.4 Å². The van der Waals surface area contributed by atoms with Crippen molar-refractivity contribution in [3.05, 3.63) is 34.9 Å². The maximum atomic E-state index is 11.4. The SMILES string of the molecule is CCCC(N)C(=O)OCc1ccccc1Cl. The molecular weight excluding hydrogens is 226 g/mol. The second-order valence-electron chi connectivity index (χ2n) is 3.59. The molecule has 0 bridgehead atoms. The van der Waals surface area contributed by atoms with Gasteiger partial charge in [-0.3, -0.25) is 4.79 Å². The lowest BCUT2D eigenvalue weighted by molar-refractivity contribution is -0.146. The number of hydrogen-bond acceptors (Lipinski definition) is 3. The number of halogens is 1. The average molecular weight is 242 g/mol. The van der Waals surface area contributed by atoms with Crippen molar-refractivity contribution in [3.63, 3.8) is 0 Å². The third-order valence-electron chi connectivity index (χ3n) is 2.23. The smallest absolute Gasteiger partial charge is 0.323 e. The van der Waals surface area contributed by atoms with Crippen molar-refractivity contribution in [1.82, 2.24) is 0 Å². The Bertz CT molecular complexity index is 355. The monoisotopic (exact) mass is 241 g/mol. The molecule has 4 heteroatoms. The fourth-order valence-corrected chi connectivity index (χ4v) is 1.49. The molecule has 0 aliphatic rings. The lowest BCUT2D eigenvalue weighted by Crippen LogP contribution is -2.31. The van der Waals surface area contributed by atoms with Crippen molar-refractivity contribution in [3.8, 4) is 0 Å². The van der Waals surface area contributed by atoms with Crippen molar-refractivity contribution in [2.24, 2.45) is 5.73 Å². The number of rotatable bonds is 5. The molecule has 0 heterocycles. The van der Waals surface area contributed by atoms with Crippen LogP contribution in [-0.2, 0) is 16.1 Å². The molecule has 0 radical (unpaired) electrons. The van der Waals surface area contributed by atoms with Crippen LogP contribution in [0.4, 0.5) is 0 Å².